The smallest absolute Gasteiger partial charge is 0.265 e. The summed E-state index contributed by atoms with van der Waals surface area (Å²) in [4.78, 5) is 30.4. The zero-order valence-corrected chi connectivity index (χ0v) is 19.1. The van der Waals surface area contributed by atoms with E-state index in [1.165, 1.54) is 22.6 Å². The van der Waals surface area contributed by atoms with E-state index in [-0.39, 0.29) is 42.9 Å². The maximum atomic E-state index is 13.1. The molecule has 2 aliphatic heterocycles. The number of piperazine rings is 1. The highest BCUT2D eigenvalue weighted by atomic mass is 79.9. The molecule has 3 heterocycles. The number of fused-ring (bicyclic) bond motifs is 1. The van der Waals surface area contributed by atoms with E-state index in [0.717, 1.165) is 0 Å². The van der Waals surface area contributed by atoms with Crippen LogP contribution in [0.4, 0.5) is 5.69 Å². The molecule has 1 saturated heterocycles. The van der Waals surface area contributed by atoms with Crippen LogP contribution in [0.25, 0.3) is 0 Å². The van der Waals surface area contributed by atoms with Crippen LogP contribution in [-0.4, -0.2) is 66.7 Å². The van der Waals surface area contributed by atoms with Gasteiger partial charge in [0.1, 0.15) is 5.75 Å². The number of carbonyl (C=O) groups excluding carboxylic acids is 2. The molecule has 2 aromatic rings. The van der Waals surface area contributed by atoms with Crippen LogP contribution in [-0.2, 0) is 14.8 Å². The summed E-state index contributed by atoms with van der Waals surface area (Å²) in [6, 6.07) is 6.14. The number of amides is 2. The van der Waals surface area contributed by atoms with Gasteiger partial charge in [-0.25, -0.2) is 8.42 Å². The Balaban J connectivity index is 1.47. The zero-order chi connectivity index (χ0) is 22.2. The molecule has 0 saturated carbocycles. The van der Waals surface area contributed by atoms with E-state index in [2.05, 4.69) is 26.2 Å². The minimum atomic E-state index is -3.78. The van der Waals surface area contributed by atoms with Crippen LogP contribution in [0.1, 0.15) is 23.7 Å². The fraction of sp³-hybridized carbons (Fsp3) is 0.350. The normalized spacial score (nSPS) is 19.4. The van der Waals surface area contributed by atoms with Crippen molar-refractivity contribution >= 4 is 43.5 Å². The van der Waals surface area contributed by atoms with Gasteiger partial charge in [0.2, 0.25) is 10.0 Å². The van der Waals surface area contributed by atoms with Crippen LogP contribution in [0.2, 0.25) is 0 Å². The van der Waals surface area contributed by atoms with Crippen LogP contribution in [0.3, 0.4) is 0 Å². The molecule has 1 unspecified atom stereocenters. The molecule has 1 aromatic heterocycles. The summed E-state index contributed by atoms with van der Waals surface area (Å²) in [7, 11) is -3.78. The molecule has 1 aromatic carbocycles. The van der Waals surface area contributed by atoms with Crippen molar-refractivity contribution in [3.05, 3.63) is 46.7 Å². The first kappa shape index (κ1) is 21.7. The first-order chi connectivity index (χ1) is 14.8. The van der Waals surface area contributed by atoms with Gasteiger partial charge in [0.15, 0.2) is 6.10 Å². The molecule has 0 bridgehead atoms. The van der Waals surface area contributed by atoms with Crippen LogP contribution in [0, 0.1) is 0 Å². The molecule has 11 heteroatoms. The number of rotatable bonds is 4. The van der Waals surface area contributed by atoms with Crippen molar-refractivity contribution in [3.8, 4) is 5.75 Å². The zero-order valence-electron chi connectivity index (χ0n) is 16.7. The number of ether oxygens (including phenoxy) is 1. The quantitative estimate of drug-likeness (QED) is 0.677. The number of sulfonamides is 1. The third-order valence-electron chi connectivity index (χ3n) is 5.26. The topological polar surface area (TPSA) is 109 Å². The first-order valence-corrected chi connectivity index (χ1v) is 12.0. The van der Waals surface area contributed by atoms with Gasteiger partial charge in [-0.1, -0.05) is 6.92 Å². The highest BCUT2D eigenvalue weighted by Crippen LogP contribution is 2.33. The van der Waals surface area contributed by atoms with Crippen molar-refractivity contribution in [1.82, 2.24) is 14.2 Å². The third kappa shape index (κ3) is 4.30. The van der Waals surface area contributed by atoms with Gasteiger partial charge < -0.3 is 15.0 Å². The largest absolute Gasteiger partial charge is 0.478 e. The van der Waals surface area contributed by atoms with Gasteiger partial charge in [0.05, 0.1) is 16.1 Å². The van der Waals surface area contributed by atoms with E-state index < -0.39 is 16.1 Å². The van der Waals surface area contributed by atoms with E-state index in [4.69, 9.17) is 4.74 Å². The number of aromatic nitrogens is 1. The number of anilines is 1. The Kier molecular flexibility index (Phi) is 6.00. The number of carbonyl (C=O) groups is 2. The standard InChI is InChI=1S/C20H21BrN4O5S/c1-2-17-19(26)23-16-10-15(3-4-18(16)30-17)31(28,29)25-7-5-24(6-8-25)20(27)13-9-14(21)12-22-11-13/h3-4,9-12,17H,2,5-8H2,1H3,(H,23,26). The lowest BCUT2D eigenvalue weighted by atomic mass is 10.2. The predicted octanol–water partition coefficient (Wildman–Crippen LogP) is 2.10. The maximum Gasteiger partial charge on any atom is 0.265 e. The van der Waals surface area contributed by atoms with Crippen LogP contribution in [0.15, 0.2) is 46.0 Å². The number of halogens is 1. The van der Waals surface area contributed by atoms with E-state index >= 15 is 0 Å². The Morgan fingerprint density at radius 2 is 1.97 bits per heavy atom. The second-order valence-corrected chi connectivity index (χ2v) is 10.1. The van der Waals surface area contributed by atoms with Crippen LogP contribution >= 0.6 is 15.9 Å². The molecule has 1 fully saturated rings. The van der Waals surface area contributed by atoms with Crippen molar-refractivity contribution in [2.45, 2.75) is 24.3 Å². The van der Waals surface area contributed by atoms with E-state index in [1.54, 1.807) is 23.2 Å². The third-order valence-corrected chi connectivity index (χ3v) is 7.59. The summed E-state index contributed by atoms with van der Waals surface area (Å²) in [5, 5.41) is 2.71. The number of nitrogens with one attached hydrogen (secondary N) is 1. The fourth-order valence-corrected chi connectivity index (χ4v) is 5.36. The lowest BCUT2D eigenvalue weighted by Gasteiger charge is -2.34. The van der Waals surface area contributed by atoms with Crippen molar-refractivity contribution in [3.63, 3.8) is 0 Å². The second-order valence-electron chi connectivity index (χ2n) is 7.25. The Labute approximate surface area is 188 Å². The maximum absolute atomic E-state index is 13.1. The van der Waals surface area contributed by atoms with Gasteiger partial charge in [0.25, 0.3) is 11.8 Å². The van der Waals surface area contributed by atoms with E-state index in [9.17, 15) is 18.0 Å². The molecule has 0 spiro atoms. The van der Waals surface area contributed by atoms with Crippen molar-refractivity contribution in [1.29, 1.82) is 0 Å². The summed E-state index contributed by atoms with van der Waals surface area (Å²) in [6.45, 7) is 2.73. The fourth-order valence-electron chi connectivity index (χ4n) is 3.55. The van der Waals surface area contributed by atoms with Crippen molar-refractivity contribution in [2.75, 3.05) is 31.5 Å². The number of hydrogen-bond donors (Lipinski definition) is 1. The Bertz CT molecular complexity index is 1130. The van der Waals surface area contributed by atoms with E-state index in [0.29, 0.717) is 27.9 Å². The minimum Gasteiger partial charge on any atom is -0.478 e. The SMILES string of the molecule is CCC1Oc2ccc(S(=O)(=O)N3CCN(C(=O)c4cncc(Br)c4)CC3)cc2NC1=O. The minimum absolute atomic E-state index is 0.0704. The first-order valence-electron chi connectivity index (χ1n) is 9.81. The molecule has 1 atom stereocenters. The Morgan fingerprint density at radius 1 is 1.23 bits per heavy atom. The molecule has 9 nitrogen and oxygen atoms in total. The van der Waals surface area contributed by atoms with Gasteiger partial charge in [-0.2, -0.15) is 4.31 Å². The second kappa shape index (κ2) is 8.56. The number of hydrogen-bond acceptors (Lipinski definition) is 6. The number of benzene rings is 1. The van der Waals surface area contributed by atoms with Gasteiger partial charge in [-0.05, 0) is 46.6 Å². The lowest BCUT2D eigenvalue weighted by Crippen LogP contribution is -2.50. The molecule has 0 radical (unpaired) electrons. The summed E-state index contributed by atoms with van der Waals surface area (Å²) in [5.41, 5.74) is 0.785. The molecule has 1 N–H and O–H groups in total. The highest BCUT2D eigenvalue weighted by molar-refractivity contribution is 9.10. The monoisotopic (exact) mass is 508 g/mol. The average Bonchev–Trinajstić information content (AvgIpc) is 2.77. The summed E-state index contributed by atoms with van der Waals surface area (Å²) >= 11 is 3.30. The molecule has 0 aliphatic carbocycles. The summed E-state index contributed by atoms with van der Waals surface area (Å²) in [6.07, 6.45) is 3.02. The molecule has 4 rings (SSSR count). The van der Waals surface area contributed by atoms with Gasteiger partial charge >= 0.3 is 0 Å². The number of pyridine rings is 1. The molecular weight excluding hydrogens is 488 g/mol. The van der Waals surface area contributed by atoms with Gasteiger partial charge in [-0.15, -0.1) is 0 Å². The van der Waals surface area contributed by atoms with Crippen LogP contribution < -0.4 is 10.1 Å². The highest BCUT2D eigenvalue weighted by Gasteiger charge is 2.32. The predicted molar refractivity (Wildman–Crippen MR) is 116 cm³/mol. The molecule has 2 amide bonds. The average molecular weight is 509 g/mol. The summed E-state index contributed by atoms with van der Waals surface area (Å²) in [5.74, 6) is -0.0351. The van der Waals surface area contributed by atoms with Gasteiger partial charge in [0, 0.05) is 43.0 Å². The number of nitrogens with zero attached hydrogens (tertiary/aromatic N) is 3. The van der Waals surface area contributed by atoms with Crippen molar-refractivity contribution in [2.24, 2.45) is 0 Å². The molecule has 164 valence electrons. The Morgan fingerprint density at radius 3 is 2.65 bits per heavy atom. The Hall–Kier alpha value is -2.50. The molecule has 31 heavy (non-hydrogen) atoms. The summed E-state index contributed by atoms with van der Waals surface area (Å²) < 4.78 is 33.9. The lowest BCUT2D eigenvalue weighted by molar-refractivity contribution is -0.123. The van der Waals surface area contributed by atoms with Crippen LogP contribution in [0.5, 0.6) is 5.75 Å². The van der Waals surface area contributed by atoms with Gasteiger partial charge in [-0.3, -0.25) is 14.6 Å². The van der Waals surface area contributed by atoms with Crippen molar-refractivity contribution < 1.29 is 22.7 Å². The molecule has 2 aliphatic rings. The van der Waals surface area contributed by atoms with E-state index in [1.807, 2.05) is 6.92 Å². The molecular formula is C20H21BrN4O5S.